The first-order chi connectivity index (χ1) is 10.0. The fourth-order valence-electron chi connectivity index (χ4n) is 1.80. The summed E-state index contributed by atoms with van der Waals surface area (Å²) in [7, 11) is 1.31. The second-order valence-electron chi connectivity index (χ2n) is 4.48. The van der Waals surface area contributed by atoms with Crippen LogP contribution in [0.2, 0.25) is 5.02 Å². The first-order valence-electron chi connectivity index (χ1n) is 6.27. The van der Waals surface area contributed by atoms with E-state index in [4.69, 9.17) is 11.6 Å². The molecular formula is C16H14ClNO3. The Hall–Kier alpha value is -2.33. The number of hydrogen-bond donors (Lipinski definition) is 1. The van der Waals surface area contributed by atoms with E-state index in [9.17, 15) is 9.59 Å². The van der Waals surface area contributed by atoms with Crippen LogP contribution in [0.1, 0.15) is 26.3 Å². The van der Waals surface area contributed by atoms with E-state index in [-0.39, 0.29) is 5.91 Å². The number of anilines is 1. The highest BCUT2D eigenvalue weighted by molar-refractivity contribution is 6.31. The van der Waals surface area contributed by atoms with Gasteiger partial charge in [0.15, 0.2) is 0 Å². The Morgan fingerprint density at radius 1 is 1.05 bits per heavy atom. The minimum atomic E-state index is -0.437. The highest BCUT2D eigenvalue weighted by Crippen LogP contribution is 2.21. The normalized spacial score (nSPS) is 10.0. The number of esters is 1. The lowest BCUT2D eigenvalue weighted by Crippen LogP contribution is -2.13. The average molecular weight is 304 g/mol. The second kappa shape index (κ2) is 6.41. The molecule has 5 heteroatoms. The molecule has 0 fully saturated rings. The van der Waals surface area contributed by atoms with E-state index >= 15 is 0 Å². The zero-order valence-corrected chi connectivity index (χ0v) is 12.4. The minimum absolute atomic E-state index is 0.267. The van der Waals surface area contributed by atoms with Crippen LogP contribution in [0.3, 0.4) is 0 Å². The van der Waals surface area contributed by atoms with Gasteiger partial charge in [-0.15, -0.1) is 0 Å². The maximum atomic E-state index is 12.2. The molecule has 4 nitrogen and oxygen atoms in total. The van der Waals surface area contributed by atoms with Gasteiger partial charge in [-0.2, -0.15) is 0 Å². The molecule has 2 aromatic carbocycles. The molecule has 0 heterocycles. The fourth-order valence-corrected chi connectivity index (χ4v) is 1.97. The molecule has 21 heavy (non-hydrogen) atoms. The van der Waals surface area contributed by atoms with Crippen molar-refractivity contribution in [2.45, 2.75) is 6.92 Å². The highest BCUT2D eigenvalue weighted by Gasteiger charge is 2.10. The molecule has 0 spiro atoms. The second-order valence-corrected chi connectivity index (χ2v) is 4.92. The Morgan fingerprint density at radius 3 is 2.29 bits per heavy atom. The van der Waals surface area contributed by atoms with Crippen molar-refractivity contribution in [3.8, 4) is 0 Å². The average Bonchev–Trinajstić information content (AvgIpc) is 2.50. The third-order valence-electron chi connectivity index (χ3n) is 3.02. The Balaban J connectivity index is 2.17. The number of rotatable bonds is 3. The maximum absolute atomic E-state index is 12.2. The van der Waals surface area contributed by atoms with Crippen molar-refractivity contribution in [2.75, 3.05) is 12.4 Å². The molecule has 0 aliphatic heterocycles. The Labute approximate surface area is 127 Å². The largest absolute Gasteiger partial charge is 0.465 e. The summed E-state index contributed by atoms with van der Waals surface area (Å²) in [6.45, 7) is 1.88. The molecule has 108 valence electrons. The Morgan fingerprint density at radius 2 is 1.67 bits per heavy atom. The minimum Gasteiger partial charge on any atom is -0.465 e. The standard InChI is InChI=1S/C16H14ClNO3/c1-10-3-8-13(17)9-14(10)18-15(19)11-4-6-12(7-5-11)16(20)21-2/h3-9H,1-2H3,(H,18,19). The summed E-state index contributed by atoms with van der Waals surface area (Å²) < 4.78 is 4.61. The molecular weight excluding hydrogens is 290 g/mol. The summed E-state index contributed by atoms with van der Waals surface area (Å²) in [6.07, 6.45) is 0. The van der Waals surface area contributed by atoms with Crippen molar-refractivity contribution >= 4 is 29.2 Å². The molecule has 0 saturated carbocycles. The smallest absolute Gasteiger partial charge is 0.337 e. The van der Waals surface area contributed by atoms with Gasteiger partial charge in [0.2, 0.25) is 0 Å². The molecule has 1 amide bonds. The van der Waals surface area contributed by atoms with Crippen LogP contribution < -0.4 is 5.32 Å². The number of aryl methyl sites for hydroxylation is 1. The summed E-state index contributed by atoms with van der Waals surface area (Å²) in [5, 5.41) is 3.34. The summed E-state index contributed by atoms with van der Waals surface area (Å²) in [5.74, 6) is -0.704. The van der Waals surface area contributed by atoms with Crippen LogP contribution in [0.25, 0.3) is 0 Å². The van der Waals surface area contributed by atoms with Gasteiger partial charge in [-0.05, 0) is 48.9 Å². The molecule has 0 aliphatic rings. The van der Waals surface area contributed by atoms with Crippen LogP contribution in [0.15, 0.2) is 42.5 Å². The zero-order valence-electron chi connectivity index (χ0n) is 11.6. The van der Waals surface area contributed by atoms with Gasteiger partial charge in [-0.25, -0.2) is 4.79 Å². The molecule has 0 bridgehead atoms. The Bertz CT molecular complexity index is 680. The summed E-state index contributed by atoms with van der Waals surface area (Å²) in [6, 6.07) is 11.5. The first kappa shape index (κ1) is 15.1. The lowest BCUT2D eigenvalue weighted by atomic mass is 10.1. The molecule has 0 unspecified atom stereocenters. The number of amides is 1. The number of hydrogen-bond acceptors (Lipinski definition) is 3. The number of carbonyl (C=O) groups is 2. The molecule has 0 atom stereocenters. The third kappa shape index (κ3) is 3.61. The third-order valence-corrected chi connectivity index (χ3v) is 3.25. The predicted molar refractivity (Wildman–Crippen MR) is 81.9 cm³/mol. The molecule has 0 aliphatic carbocycles. The molecule has 2 aromatic rings. The van der Waals surface area contributed by atoms with E-state index in [1.165, 1.54) is 7.11 Å². The van der Waals surface area contributed by atoms with Crippen LogP contribution in [0.4, 0.5) is 5.69 Å². The van der Waals surface area contributed by atoms with Gasteiger partial charge < -0.3 is 10.1 Å². The van der Waals surface area contributed by atoms with Gasteiger partial charge in [0.05, 0.1) is 12.7 Å². The zero-order chi connectivity index (χ0) is 15.4. The topological polar surface area (TPSA) is 55.4 Å². The summed E-state index contributed by atoms with van der Waals surface area (Å²) in [4.78, 5) is 23.5. The van der Waals surface area contributed by atoms with Crippen LogP contribution >= 0.6 is 11.6 Å². The number of ether oxygens (including phenoxy) is 1. The van der Waals surface area contributed by atoms with E-state index in [1.807, 2.05) is 13.0 Å². The number of benzene rings is 2. The predicted octanol–water partition coefficient (Wildman–Crippen LogP) is 3.69. The molecule has 1 N–H and O–H groups in total. The maximum Gasteiger partial charge on any atom is 0.337 e. The van der Waals surface area contributed by atoms with Crippen molar-refractivity contribution in [1.29, 1.82) is 0 Å². The van der Waals surface area contributed by atoms with Gasteiger partial charge in [-0.1, -0.05) is 17.7 Å². The van der Waals surface area contributed by atoms with E-state index in [1.54, 1.807) is 36.4 Å². The highest BCUT2D eigenvalue weighted by atomic mass is 35.5. The van der Waals surface area contributed by atoms with Gasteiger partial charge in [0.25, 0.3) is 5.91 Å². The van der Waals surface area contributed by atoms with Crippen LogP contribution in [0.5, 0.6) is 0 Å². The van der Waals surface area contributed by atoms with E-state index < -0.39 is 5.97 Å². The van der Waals surface area contributed by atoms with Crippen molar-refractivity contribution in [1.82, 2.24) is 0 Å². The molecule has 0 aromatic heterocycles. The van der Waals surface area contributed by atoms with Gasteiger partial charge in [-0.3, -0.25) is 4.79 Å². The number of nitrogens with one attached hydrogen (secondary N) is 1. The number of carbonyl (C=O) groups excluding carboxylic acids is 2. The quantitative estimate of drug-likeness (QED) is 0.880. The van der Waals surface area contributed by atoms with E-state index in [0.717, 1.165) is 5.56 Å². The van der Waals surface area contributed by atoms with Crippen molar-refractivity contribution in [3.05, 3.63) is 64.2 Å². The van der Waals surface area contributed by atoms with Gasteiger partial charge >= 0.3 is 5.97 Å². The first-order valence-corrected chi connectivity index (χ1v) is 6.65. The van der Waals surface area contributed by atoms with Gasteiger partial charge in [0.1, 0.15) is 0 Å². The van der Waals surface area contributed by atoms with Crippen molar-refractivity contribution in [3.63, 3.8) is 0 Å². The monoisotopic (exact) mass is 303 g/mol. The van der Waals surface area contributed by atoms with Crippen LogP contribution in [-0.4, -0.2) is 19.0 Å². The van der Waals surface area contributed by atoms with Crippen molar-refractivity contribution in [2.24, 2.45) is 0 Å². The lowest BCUT2D eigenvalue weighted by molar-refractivity contribution is 0.0600. The van der Waals surface area contributed by atoms with Crippen LogP contribution in [0, 0.1) is 6.92 Å². The van der Waals surface area contributed by atoms with E-state index in [2.05, 4.69) is 10.1 Å². The number of halogens is 1. The van der Waals surface area contributed by atoms with Crippen LogP contribution in [-0.2, 0) is 4.74 Å². The fraction of sp³-hybridized carbons (Fsp3) is 0.125. The molecule has 0 radical (unpaired) electrons. The molecule has 0 saturated heterocycles. The molecule has 2 rings (SSSR count). The number of methoxy groups -OCH3 is 1. The lowest BCUT2D eigenvalue weighted by Gasteiger charge is -2.09. The van der Waals surface area contributed by atoms with Gasteiger partial charge in [0, 0.05) is 16.3 Å². The summed E-state index contributed by atoms with van der Waals surface area (Å²) >= 11 is 5.92. The Kier molecular flexibility index (Phi) is 4.60. The SMILES string of the molecule is COC(=O)c1ccc(C(=O)Nc2cc(Cl)ccc2C)cc1. The van der Waals surface area contributed by atoms with E-state index in [0.29, 0.717) is 21.8 Å². The summed E-state index contributed by atoms with van der Waals surface area (Å²) in [5.41, 5.74) is 2.42. The van der Waals surface area contributed by atoms with Crippen molar-refractivity contribution < 1.29 is 14.3 Å².